The van der Waals surface area contributed by atoms with Crippen LogP contribution in [0.4, 0.5) is 0 Å². The van der Waals surface area contributed by atoms with Crippen LogP contribution in [0.3, 0.4) is 0 Å². The van der Waals surface area contributed by atoms with Gasteiger partial charge < -0.3 is 0 Å². The van der Waals surface area contributed by atoms with Gasteiger partial charge in [0, 0.05) is 11.1 Å². The van der Waals surface area contributed by atoms with Gasteiger partial charge in [-0.1, -0.05) is 35.3 Å². The Balaban J connectivity index is 1.53. The standard InChI is InChI=1S/C26H14Cl2N4/c27-24-3-1-2-22(26(24)28)23-13-21-12-19-7-6-17(30-19)10-15-4-5-16(29-15)11-18-8-9-20(31-18)14-25(23)32-21/h1-14H. The van der Waals surface area contributed by atoms with E-state index < -0.39 is 0 Å². The maximum atomic E-state index is 6.54. The predicted molar refractivity (Wildman–Crippen MR) is 134 cm³/mol. The molecule has 0 aromatic heterocycles. The molecule has 5 aliphatic heterocycles. The van der Waals surface area contributed by atoms with Crippen molar-refractivity contribution in [2.24, 2.45) is 20.0 Å². The summed E-state index contributed by atoms with van der Waals surface area (Å²) < 4.78 is 0. The summed E-state index contributed by atoms with van der Waals surface area (Å²) in [5.41, 5.74) is 8.29. The van der Waals surface area contributed by atoms with Gasteiger partial charge in [0.2, 0.25) is 0 Å². The van der Waals surface area contributed by atoms with Gasteiger partial charge in [0.1, 0.15) is 0 Å². The van der Waals surface area contributed by atoms with Crippen LogP contribution in [0.25, 0.3) is 5.57 Å². The second kappa shape index (κ2) is 7.52. The van der Waals surface area contributed by atoms with Crippen LogP contribution in [-0.4, -0.2) is 22.8 Å². The molecule has 0 N–H and O–H groups in total. The van der Waals surface area contributed by atoms with Crippen LogP contribution in [0.15, 0.2) is 128 Å². The largest absolute Gasteiger partial charge is 0.249 e. The summed E-state index contributed by atoms with van der Waals surface area (Å²) in [5.74, 6) is 0. The third-order valence-electron chi connectivity index (χ3n) is 5.28. The molecular weight excluding hydrogens is 439 g/mol. The molecule has 4 nitrogen and oxygen atoms in total. The molecule has 6 rings (SSSR count). The lowest BCUT2D eigenvalue weighted by Crippen LogP contribution is -1.97. The minimum atomic E-state index is 0.499. The van der Waals surface area contributed by atoms with Crippen LogP contribution in [0.2, 0.25) is 10.0 Å². The third-order valence-corrected chi connectivity index (χ3v) is 6.10. The molecule has 6 heteroatoms. The molecule has 0 fully saturated rings. The summed E-state index contributed by atoms with van der Waals surface area (Å²) >= 11 is 12.8. The number of hydrogen-bond acceptors (Lipinski definition) is 4. The van der Waals surface area contributed by atoms with E-state index in [0.29, 0.717) is 10.0 Å². The first-order valence-corrected chi connectivity index (χ1v) is 10.8. The summed E-state index contributed by atoms with van der Waals surface area (Å²) in [6, 6.07) is 5.60. The van der Waals surface area contributed by atoms with Gasteiger partial charge in [-0.3, -0.25) is 0 Å². The SMILES string of the molecule is Clc1cccc(C2=CC3=CC4=NC(=CC5=NC(=CC6=NC(=CC2=N3)C=C6)C=C5)C=C4)c1Cl. The number of benzene rings is 1. The Morgan fingerprint density at radius 2 is 1.09 bits per heavy atom. The molecule has 32 heavy (non-hydrogen) atoms. The van der Waals surface area contributed by atoms with E-state index in [4.69, 9.17) is 33.2 Å². The van der Waals surface area contributed by atoms with Crippen LogP contribution in [0.5, 0.6) is 0 Å². The van der Waals surface area contributed by atoms with Gasteiger partial charge in [0.25, 0.3) is 0 Å². The molecule has 8 bridgehead atoms. The second-order valence-electron chi connectivity index (χ2n) is 7.54. The number of halogens is 2. The second-order valence-corrected chi connectivity index (χ2v) is 8.33. The number of hydrogen-bond donors (Lipinski definition) is 0. The first-order valence-electron chi connectivity index (χ1n) is 10.0. The molecule has 1 aromatic rings. The Bertz CT molecular complexity index is 1460. The molecular formula is C26H14Cl2N4. The average molecular weight is 453 g/mol. The lowest BCUT2D eigenvalue weighted by Gasteiger charge is -2.07. The van der Waals surface area contributed by atoms with Crippen LogP contribution in [0, 0.1) is 0 Å². The number of fused-ring (bicyclic) bond motifs is 4. The van der Waals surface area contributed by atoms with Crippen LogP contribution in [-0.2, 0) is 0 Å². The van der Waals surface area contributed by atoms with Crippen molar-refractivity contribution in [1.82, 2.24) is 0 Å². The van der Waals surface area contributed by atoms with Gasteiger partial charge in [-0.25, -0.2) is 20.0 Å². The van der Waals surface area contributed by atoms with E-state index in [-0.39, 0.29) is 0 Å². The number of rotatable bonds is 1. The van der Waals surface area contributed by atoms with Gasteiger partial charge in [0.05, 0.1) is 55.7 Å². The molecule has 0 saturated heterocycles. The first kappa shape index (κ1) is 19.1. The lowest BCUT2D eigenvalue weighted by molar-refractivity contribution is 1.41. The van der Waals surface area contributed by atoms with E-state index in [1.165, 1.54) is 0 Å². The minimum Gasteiger partial charge on any atom is -0.249 e. The zero-order valence-corrected chi connectivity index (χ0v) is 18.1. The Labute approximate surface area is 194 Å². The number of aliphatic imine (C=N–C) groups is 4. The highest BCUT2D eigenvalue weighted by molar-refractivity contribution is 6.45. The molecule has 0 spiro atoms. The van der Waals surface area contributed by atoms with Crippen molar-refractivity contribution in [3.63, 3.8) is 0 Å². The van der Waals surface area contributed by atoms with Gasteiger partial charge in [-0.2, -0.15) is 0 Å². The Kier molecular flexibility index (Phi) is 4.49. The maximum Gasteiger partial charge on any atom is 0.0738 e. The molecule has 0 aliphatic carbocycles. The van der Waals surface area contributed by atoms with Gasteiger partial charge >= 0.3 is 0 Å². The third kappa shape index (κ3) is 3.54. The molecule has 5 aliphatic rings. The molecule has 0 amide bonds. The van der Waals surface area contributed by atoms with Crippen molar-refractivity contribution in [3.05, 3.63) is 123 Å². The Morgan fingerprint density at radius 1 is 0.531 bits per heavy atom. The zero-order valence-electron chi connectivity index (χ0n) is 16.6. The van der Waals surface area contributed by atoms with E-state index in [1.807, 2.05) is 79.0 Å². The maximum absolute atomic E-state index is 6.54. The fraction of sp³-hybridized carbons (Fsp3) is 0. The number of allylic oxidation sites excluding steroid dienone is 12. The number of nitrogens with zero attached hydrogens (tertiary/aromatic N) is 4. The van der Waals surface area contributed by atoms with Crippen molar-refractivity contribution < 1.29 is 0 Å². The minimum absolute atomic E-state index is 0.499. The molecule has 1 aromatic carbocycles. The fourth-order valence-electron chi connectivity index (χ4n) is 3.82. The zero-order chi connectivity index (χ0) is 21.7. The average Bonchev–Trinajstić information content (AvgIpc) is 3.55. The smallest absolute Gasteiger partial charge is 0.0738 e. The Hall–Kier alpha value is -3.60. The van der Waals surface area contributed by atoms with Crippen molar-refractivity contribution in [3.8, 4) is 0 Å². The van der Waals surface area contributed by atoms with Crippen molar-refractivity contribution in [1.29, 1.82) is 0 Å². The molecule has 0 saturated carbocycles. The summed E-state index contributed by atoms with van der Waals surface area (Å²) in [4.78, 5) is 18.9. The molecule has 0 atom stereocenters. The monoisotopic (exact) mass is 452 g/mol. The van der Waals surface area contributed by atoms with E-state index >= 15 is 0 Å². The normalized spacial score (nSPS) is 20.2. The highest BCUT2D eigenvalue weighted by Gasteiger charge is 2.20. The highest BCUT2D eigenvalue weighted by Crippen LogP contribution is 2.35. The summed E-state index contributed by atoms with van der Waals surface area (Å²) in [6.07, 6.45) is 21.6. The van der Waals surface area contributed by atoms with Crippen molar-refractivity contribution in [2.75, 3.05) is 0 Å². The topological polar surface area (TPSA) is 49.4 Å². The van der Waals surface area contributed by atoms with Crippen LogP contribution >= 0.6 is 23.2 Å². The first-order chi connectivity index (χ1) is 15.6. The Morgan fingerprint density at radius 3 is 1.72 bits per heavy atom. The predicted octanol–water partition coefficient (Wildman–Crippen LogP) is 6.41. The molecule has 152 valence electrons. The summed E-state index contributed by atoms with van der Waals surface area (Å²) in [6.45, 7) is 0. The van der Waals surface area contributed by atoms with E-state index in [0.717, 1.165) is 56.8 Å². The molecule has 5 heterocycles. The fourth-order valence-corrected chi connectivity index (χ4v) is 4.23. The van der Waals surface area contributed by atoms with E-state index in [1.54, 1.807) is 6.07 Å². The van der Waals surface area contributed by atoms with Gasteiger partial charge in [-0.15, -0.1) is 0 Å². The van der Waals surface area contributed by atoms with E-state index in [9.17, 15) is 0 Å². The van der Waals surface area contributed by atoms with Crippen molar-refractivity contribution in [2.45, 2.75) is 0 Å². The molecule has 0 radical (unpaired) electrons. The highest BCUT2D eigenvalue weighted by atomic mass is 35.5. The van der Waals surface area contributed by atoms with Crippen LogP contribution < -0.4 is 0 Å². The van der Waals surface area contributed by atoms with Crippen LogP contribution in [0.1, 0.15) is 5.56 Å². The van der Waals surface area contributed by atoms with Gasteiger partial charge in [0.15, 0.2) is 0 Å². The lowest BCUT2D eigenvalue weighted by atomic mass is 10.0. The van der Waals surface area contributed by atoms with E-state index in [2.05, 4.69) is 9.98 Å². The quantitative estimate of drug-likeness (QED) is 0.472. The summed E-state index contributed by atoms with van der Waals surface area (Å²) in [5, 5.41) is 1.00. The summed E-state index contributed by atoms with van der Waals surface area (Å²) in [7, 11) is 0. The van der Waals surface area contributed by atoms with Crippen molar-refractivity contribution >= 4 is 51.6 Å². The van der Waals surface area contributed by atoms with Gasteiger partial charge in [-0.05, 0) is 72.9 Å². The molecule has 0 unspecified atom stereocenters.